The van der Waals surface area contributed by atoms with Crippen molar-refractivity contribution in [3.8, 4) is 0 Å². The van der Waals surface area contributed by atoms with E-state index in [0.29, 0.717) is 35.2 Å². The second-order valence-corrected chi connectivity index (χ2v) is 8.12. The smallest absolute Gasteiger partial charge is 0.272 e. The van der Waals surface area contributed by atoms with Gasteiger partial charge in [0.15, 0.2) is 5.78 Å². The second kappa shape index (κ2) is 7.86. The zero-order valence-corrected chi connectivity index (χ0v) is 17.1. The summed E-state index contributed by atoms with van der Waals surface area (Å²) in [4.78, 5) is 36.5. The highest BCUT2D eigenvalue weighted by molar-refractivity contribution is 6.02. The van der Waals surface area contributed by atoms with Crippen LogP contribution in [0.15, 0.2) is 53.7 Å². The molecular formula is C24H24N2O4. The molecular weight excluding hydrogens is 380 g/mol. The van der Waals surface area contributed by atoms with E-state index in [1.807, 2.05) is 0 Å². The summed E-state index contributed by atoms with van der Waals surface area (Å²) in [6.07, 6.45) is 2.05. The Labute approximate surface area is 175 Å². The van der Waals surface area contributed by atoms with Crippen LogP contribution < -0.4 is 5.32 Å². The summed E-state index contributed by atoms with van der Waals surface area (Å²) in [6.45, 7) is 3.78. The van der Waals surface area contributed by atoms with Gasteiger partial charge in [-0.1, -0.05) is 43.3 Å². The van der Waals surface area contributed by atoms with Gasteiger partial charge in [0.2, 0.25) is 5.91 Å². The largest absolute Gasteiger partial charge is 0.329 e. The van der Waals surface area contributed by atoms with Crippen molar-refractivity contribution in [3.63, 3.8) is 0 Å². The maximum Gasteiger partial charge on any atom is 0.272 e. The Morgan fingerprint density at radius 1 is 1.03 bits per heavy atom. The van der Waals surface area contributed by atoms with Crippen molar-refractivity contribution in [2.75, 3.05) is 0 Å². The van der Waals surface area contributed by atoms with Crippen molar-refractivity contribution in [1.29, 1.82) is 0 Å². The maximum atomic E-state index is 13.2. The van der Waals surface area contributed by atoms with Gasteiger partial charge < -0.3 is 5.32 Å². The van der Waals surface area contributed by atoms with Gasteiger partial charge in [0.05, 0.1) is 4.92 Å². The molecule has 6 heteroatoms. The molecule has 0 radical (unpaired) electrons. The van der Waals surface area contributed by atoms with Gasteiger partial charge in [0.1, 0.15) is 0 Å². The van der Waals surface area contributed by atoms with Crippen LogP contribution >= 0.6 is 0 Å². The molecule has 2 aromatic carbocycles. The molecule has 0 spiro atoms. The molecule has 154 valence electrons. The first-order valence-electron chi connectivity index (χ1n) is 10.3. The van der Waals surface area contributed by atoms with Crippen molar-refractivity contribution in [2.45, 2.75) is 51.4 Å². The Kier molecular flexibility index (Phi) is 5.24. The monoisotopic (exact) mass is 404 g/mol. The van der Waals surface area contributed by atoms with Crippen LogP contribution in [0.25, 0.3) is 0 Å². The van der Waals surface area contributed by atoms with E-state index in [2.05, 4.69) is 36.5 Å². The average Bonchev–Trinajstić information content (AvgIpc) is 2.73. The molecule has 0 saturated heterocycles. The lowest BCUT2D eigenvalue weighted by molar-refractivity contribution is -0.385. The van der Waals surface area contributed by atoms with E-state index in [0.717, 1.165) is 12.0 Å². The number of nitro benzene ring substituents is 1. The number of hydrogen-bond acceptors (Lipinski definition) is 4. The standard InChI is InChI=1S/C24H24N2O4/c1-3-15-5-8-16(9-6-15)18-10-20-24(22(27)12-18)19(13-23(28)25-20)17-7-4-14(2)21(11-17)26(29)30/h4-9,11,18-19H,3,10,12-13H2,1-2H3,(H,25,28). The molecule has 6 nitrogen and oxygen atoms in total. The second-order valence-electron chi connectivity index (χ2n) is 8.12. The number of carbonyl (C=O) groups is 2. The number of nitrogens with zero attached hydrogens (tertiary/aromatic N) is 1. The van der Waals surface area contributed by atoms with E-state index in [4.69, 9.17) is 0 Å². The predicted molar refractivity (Wildman–Crippen MR) is 113 cm³/mol. The van der Waals surface area contributed by atoms with Crippen molar-refractivity contribution in [2.24, 2.45) is 0 Å². The van der Waals surface area contributed by atoms with Crippen LogP contribution in [0.4, 0.5) is 5.69 Å². The number of nitrogens with one attached hydrogen (secondary N) is 1. The molecule has 1 aliphatic heterocycles. The lowest BCUT2D eigenvalue weighted by Gasteiger charge is -2.34. The van der Waals surface area contributed by atoms with E-state index in [1.165, 1.54) is 11.6 Å². The van der Waals surface area contributed by atoms with Crippen molar-refractivity contribution >= 4 is 17.4 Å². The van der Waals surface area contributed by atoms with Crippen LogP contribution in [0.3, 0.4) is 0 Å². The fraction of sp³-hybridized carbons (Fsp3) is 0.333. The van der Waals surface area contributed by atoms with Crippen LogP contribution in [-0.4, -0.2) is 16.6 Å². The molecule has 30 heavy (non-hydrogen) atoms. The molecule has 2 unspecified atom stereocenters. The van der Waals surface area contributed by atoms with Gasteiger partial charge in [-0.15, -0.1) is 0 Å². The lowest BCUT2D eigenvalue weighted by Crippen LogP contribution is -2.38. The van der Waals surface area contributed by atoms with Gasteiger partial charge in [-0.3, -0.25) is 19.7 Å². The normalized spacial score (nSPS) is 21.3. The first-order chi connectivity index (χ1) is 14.4. The number of ketones is 1. The Bertz CT molecular complexity index is 1070. The van der Waals surface area contributed by atoms with Crippen LogP contribution in [0.1, 0.15) is 60.3 Å². The van der Waals surface area contributed by atoms with Crippen molar-refractivity contribution < 1.29 is 14.5 Å². The van der Waals surface area contributed by atoms with Crippen LogP contribution in [-0.2, 0) is 16.0 Å². The molecule has 0 bridgehead atoms. The highest BCUT2D eigenvalue weighted by Crippen LogP contribution is 2.43. The zero-order valence-electron chi connectivity index (χ0n) is 17.1. The number of aryl methyl sites for hydroxylation is 2. The minimum Gasteiger partial charge on any atom is -0.329 e. The Hall–Kier alpha value is -3.28. The number of nitro groups is 1. The third kappa shape index (κ3) is 3.65. The van der Waals surface area contributed by atoms with E-state index in [1.54, 1.807) is 19.1 Å². The number of carbonyl (C=O) groups excluding carboxylic acids is 2. The summed E-state index contributed by atoms with van der Waals surface area (Å²) in [7, 11) is 0. The fourth-order valence-electron chi connectivity index (χ4n) is 4.55. The summed E-state index contributed by atoms with van der Waals surface area (Å²) < 4.78 is 0. The van der Waals surface area contributed by atoms with Gasteiger partial charge in [0, 0.05) is 41.7 Å². The van der Waals surface area contributed by atoms with Gasteiger partial charge in [0.25, 0.3) is 5.69 Å². The fourth-order valence-corrected chi connectivity index (χ4v) is 4.55. The number of allylic oxidation sites excluding steroid dienone is 2. The molecule has 2 aliphatic rings. The van der Waals surface area contributed by atoms with Crippen LogP contribution in [0.5, 0.6) is 0 Å². The SMILES string of the molecule is CCc1ccc(C2CC(=O)C3=C(C2)NC(=O)CC3c2ccc(C)c([N+](=O)[O-])c2)cc1. The molecule has 1 heterocycles. The molecule has 2 atom stereocenters. The Morgan fingerprint density at radius 2 is 1.73 bits per heavy atom. The molecule has 0 fully saturated rings. The average molecular weight is 404 g/mol. The Balaban J connectivity index is 1.70. The third-order valence-electron chi connectivity index (χ3n) is 6.23. The quantitative estimate of drug-likeness (QED) is 0.601. The molecule has 1 amide bonds. The van der Waals surface area contributed by atoms with E-state index >= 15 is 0 Å². The summed E-state index contributed by atoms with van der Waals surface area (Å²) in [5.74, 6) is -0.566. The van der Waals surface area contributed by atoms with E-state index in [9.17, 15) is 19.7 Å². The molecule has 1 N–H and O–H groups in total. The first-order valence-corrected chi connectivity index (χ1v) is 10.3. The van der Waals surface area contributed by atoms with E-state index < -0.39 is 10.8 Å². The number of benzene rings is 2. The van der Waals surface area contributed by atoms with E-state index in [-0.39, 0.29) is 29.7 Å². The van der Waals surface area contributed by atoms with Crippen molar-refractivity contribution in [1.82, 2.24) is 5.32 Å². The molecule has 2 aromatic rings. The summed E-state index contributed by atoms with van der Waals surface area (Å²) in [5.41, 5.74) is 4.83. The van der Waals surface area contributed by atoms with Crippen LogP contribution in [0, 0.1) is 17.0 Å². The lowest BCUT2D eigenvalue weighted by atomic mass is 9.73. The number of Topliss-reactive ketones (excluding diaryl/α,β-unsaturated/α-hetero) is 1. The molecule has 0 saturated carbocycles. The summed E-state index contributed by atoms with van der Waals surface area (Å²) in [6, 6.07) is 13.3. The number of rotatable bonds is 4. The van der Waals surface area contributed by atoms with Gasteiger partial charge in [-0.25, -0.2) is 0 Å². The molecule has 0 aromatic heterocycles. The van der Waals surface area contributed by atoms with Gasteiger partial charge in [-0.2, -0.15) is 0 Å². The van der Waals surface area contributed by atoms with Gasteiger partial charge in [-0.05, 0) is 42.4 Å². The molecule has 4 rings (SSSR count). The zero-order chi connectivity index (χ0) is 21.4. The van der Waals surface area contributed by atoms with Crippen molar-refractivity contribution in [3.05, 3.63) is 86.1 Å². The minimum atomic E-state index is -0.441. The summed E-state index contributed by atoms with van der Waals surface area (Å²) in [5, 5.41) is 14.3. The minimum absolute atomic E-state index is 0.00838. The highest BCUT2D eigenvalue weighted by Gasteiger charge is 2.38. The first kappa shape index (κ1) is 20.0. The maximum absolute atomic E-state index is 13.2. The number of hydrogen-bond donors (Lipinski definition) is 1. The third-order valence-corrected chi connectivity index (χ3v) is 6.23. The number of amides is 1. The molecule has 1 aliphatic carbocycles. The topological polar surface area (TPSA) is 89.3 Å². The van der Waals surface area contributed by atoms with Gasteiger partial charge >= 0.3 is 0 Å². The van der Waals surface area contributed by atoms with Crippen LogP contribution in [0.2, 0.25) is 0 Å². The highest BCUT2D eigenvalue weighted by atomic mass is 16.6. The summed E-state index contributed by atoms with van der Waals surface area (Å²) >= 11 is 0. The predicted octanol–water partition coefficient (Wildman–Crippen LogP) is 4.47. The Morgan fingerprint density at radius 3 is 2.40 bits per heavy atom.